The SMILES string of the molecule is C[S+]([O-])c1cccc2nc3sc(OC(=O)O)cn3c(=O)c12. The lowest BCUT2D eigenvalue weighted by Gasteiger charge is -2.06. The largest absolute Gasteiger partial charge is 0.612 e. The molecule has 1 atom stereocenters. The summed E-state index contributed by atoms with van der Waals surface area (Å²) in [6.07, 6.45) is 1.28. The van der Waals surface area contributed by atoms with Crippen LogP contribution in [0.15, 0.2) is 34.1 Å². The monoisotopic (exact) mass is 324 g/mol. The number of aromatic nitrogens is 2. The van der Waals surface area contributed by atoms with Gasteiger partial charge in [-0.05, 0) is 23.3 Å². The molecule has 7 nitrogen and oxygen atoms in total. The quantitative estimate of drug-likeness (QED) is 0.568. The van der Waals surface area contributed by atoms with Gasteiger partial charge in [0.05, 0.1) is 11.7 Å². The van der Waals surface area contributed by atoms with Crippen molar-refractivity contribution in [2.45, 2.75) is 4.90 Å². The fourth-order valence-corrected chi connectivity index (χ4v) is 3.55. The molecule has 1 aromatic carbocycles. The van der Waals surface area contributed by atoms with E-state index in [0.29, 0.717) is 15.4 Å². The standard InChI is InChI=1S/C12H8N2O5S2/c1-21(18)7-4-2-3-6-9(7)10(15)14-5-8(19-12(16)17)20-11(14)13-6/h2-5H,1H3,(H,16,17). The second kappa shape index (κ2) is 5.02. The van der Waals surface area contributed by atoms with Gasteiger partial charge in [-0.3, -0.25) is 9.20 Å². The van der Waals surface area contributed by atoms with Gasteiger partial charge in [-0.25, -0.2) is 9.78 Å². The van der Waals surface area contributed by atoms with E-state index in [4.69, 9.17) is 5.11 Å². The van der Waals surface area contributed by atoms with E-state index in [1.807, 2.05) is 0 Å². The summed E-state index contributed by atoms with van der Waals surface area (Å²) in [5.74, 6) is 0. The molecule has 0 fully saturated rings. The lowest BCUT2D eigenvalue weighted by Crippen LogP contribution is -2.16. The summed E-state index contributed by atoms with van der Waals surface area (Å²) >= 11 is -0.393. The van der Waals surface area contributed by atoms with E-state index in [0.717, 1.165) is 11.3 Å². The fraction of sp³-hybridized carbons (Fsp3) is 0.0833. The molecular formula is C12H8N2O5S2. The number of hydrogen-bond acceptors (Lipinski definition) is 6. The maximum absolute atomic E-state index is 12.5. The van der Waals surface area contributed by atoms with Crippen molar-refractivity contribution >= 4 is 44.5 Å². The van der Waals surface area contributed by atoms with Crippen LogP contribution in [0.1, 0.15) is 0 Å². The molecule has 0 spiro atoms. The third-order valence-electron chi connectivity index (χ3n) is 2.78. The Morgan fingerprint density at radius 2 is 2.29 bits per heavy atom. The first-order valence-electron chi connectivity index (χ1n) is 5.66. The van der Waals surface area contributed by atoms with Gasteiger partial charge in [0.25, 0.3) is 5.56 Å². The summed E-state index contributed by atoms with van der Waals surface area (Å²) < 4.78 is 17.5. The predicted octanol–water partition coefficient (Wildman–Crippen LogP) is 1.70. The summed E-state index contributed by atoms with van der Waals surface area (Å²) in [4.78, 5) is 28.0. The molecule has 0 aliphatic heterocycles. The van der Waals surface area contributed by atoms with Gasteiger partial charge < -0.3 is 14.4 Å². The molecule has 0 aliphatic carbocycles. The molecule has 0 amide bonds. The Morgan fingerprint density at radius 3 is 2.95 bits per heavy atom. The number of hydrogen-bond donors (Lipinski definition) is 1. The molecule has 1 unspecified atom stereocenters. The molecule has 0 bridgehead atoms. The lowest BCUT2D eigenvalue weighted by molar-refractivity contribution is 0.146. The zero-order valence-electron chi connectivity index (χ0n) is 10.6. The Hall–Kier alpha value is -2.10. The molecule has 0 radical (unpaired) electrons. The van der Waals surface area contributed by atoms with E-state index >= 15 is 0 Å². The van der Waals surface area contributed by atoms with Crippen LogP contribution in [0.2, 0.25) is 0 Å². The average Bonchev–Trinajstić information content (AvgIpc) is 2.79. The summed E-state index contributed by atoms with van der Waals surface area (Å²) in [6, 6.07) is 4.92. The van der Waals surface area contributed by atoms with Crippen LogP contribution in [0.25, 0.3) is 15.9 Å². The van der Waals surface area contributed by atoms with Crippen LogP contribution >= 0.6 is 11.3 Å². The maximum atomic E-state index is 12.5. The normalized spacial score (nSPS) is 12.7. The van der Waals surface area contributed by atoms with E-state index in [1.165, 1.54) is 16.9 Å². The summed E-state index contributed by atoms with van der Waals surface area (Å²) in [5, 5.41) is 8.91. The van der Waals surface area contributed by atoms with Gasteiger partial charge in [0.1, 0.15) is 11.6 Å². The van der Waals surface area contributed by atoms with Gasteiger partial charge in [-0.2, -0.15) is 0 Å². The Morgan fingerprint density at radius 1 is 1.52 bits per heavy atom. The number of thiazole rings is 1. The van der Waals surface area contributed by atoms with Crippen LogP contribution in [-0.2, 0) is 11.2 Å². The van der Waals surface area contributed by atoms with E-state index < -0.39 is 22.9 Å². The molecule has 2 aromatic heterocycles. The minimum absolute atomic E-state index is 0.0431. The van der Waals surface area contributed by atoms with Crippen LogP contribution in [0, 0.1) is 0 Å². The second-order valence-electron chi connectivity index (χ2n) is 4.09. The van der Waals surface area contributed by atoms with Crippen LogP contribution in [0.5, 0.6) is 5.06 Å². The van der Waals surface area contributed by atoms with Gasteiger partial charge >= 0.3 is 6.16 Å². The smallest absolute Gasteiger partial charge is 0.512 e. The highest BCUT2D eigenvalue weighted by molar-refractivity contribution is 7.91. The highest BCUT2D eigenvalue weighted by atomic mass is 32.2. The van der Waals surface area contributed by atoms with Crippen molar-refractivity contribution in [2.24, 2.45) is 0 Å². The van der Waals surface area contributed by atoms with E-state index in [1.54, 1.807) is 18.2 Å². The van der Waals surface area contributed by atoms with E-state index in [-0.39, 0.29) is 10.4 Å². The van der Waals surface area contributed by atoms with E-state index in [9.17, 15) is 14.1 Å². The number of benzene rings is 1. The van der Waals surface area contributed by atoms with Crippen molar-refractivity contribution < 1.29 is 19.2 Å². The van der Waals surface area contributed by atoms with Crippen molar-refractivity contribution in [3.05, 3.63) is 34.7 Å². The Kier molecular flexibility index (Phi) is 3.32. The van der Waals surface area contributed by atoms with Crippen molar-refractivity contribution in [2.75, 3.05) is 6.26 Å². The van der Waals surface area contributed by atoms with Gasteiger partial charge in [-0.15, -0.1) is 0 Å². The second-order valence-corrected chi connectivity index (χ2v) is 6.41. The predicted molar refractivity (Wildman–Crippen MR) is 77.8 cm³/mol. The van der Waals surface area contributed by atoms with Crippen LogP contribution < -0.4 is 10.3 Å². The molecule has 108 valence electrons. The topological polar surface area (TPSA) is 104 Å². The molecule has 1 N–H and O–H groups in total. The first-order chi connectivity index (χ1) is 9.97. The molecule has 0 saturated carbocycles. The first-order valence-corrected chi connectivity index (χ1v) is 8.04. The Balaban J connectivity index is 2.35. The minimum atomic E-state index is -1.46. The average molecular weight is 324 g/mol. The highest BCUT2D eigenvalue weighted by Crippen LogP contribution is 2.26. The van der Waals surface area contributed by atoms with Gasteiger partial charge in [0.15, 0.2) is 4.90 Å². The Bertz CT molecular complexity index is 915. The lowest BCUT2D eigenvalue weighted by atomic mass is 10.2. The number of ether oxygens (including phenoxy) is 1. The molecule has 3 rings (SSSR count). The zero-order chi connectivity index (χ0) is 15.1. The third kappa shape index (κ3) is 2.35. The molecular weight excluding hydrogens is 316 g/mol. The molecule has 0 aliphatic rings. The first kappa shape index (κ1) is 13.9. The molecule has 3 aromatic rings. The van der Waals surface area contributed by atoms with E-state index in [2.05, 4.69) is 9.72 Å². The van der Waals surface area contributed by atoms with Crippen LogP contribution in [-0.4, -0.2) is 31.5 Å². The van der Waals surface area contributed by atoms with Crippen molar-refractivity contribution in [1.82, 2.24) is 9.38 Å². The number of rotatable bonds is 2. The summed E-state index contributed by atoms with van der Waals surface area (Å²) in [7, 11) is 0. The Labute approximate surface area is 124 Å². The number of nitrogens with zero attached hydrogens (tertiary/aromatic N) is 2. The van der Waals surface area contributed by atoms with Gasteiger partial charge in [-0.1, -0.05) is 17.4 Å². The van der Waals surface area contributed by atoms with Crippen molar-refractivity contribution in [1.29, 1.82) is 0 Å². The highest BCUT2D eigenvalue weighted by Gasteiger charge is 2.18. The number of carbonyl (C=O) groups is 1. The molecule has 21 heavy (non-hydrogen) atoms. The molecule has 2 heterocycles. The van der Waals surface area contributed by atoms with Gasteiger partial charge in [0, 0.05) is 0 Å². The third-order valence-corrected chi connectivity index (χ3v) is 4.60. The summed E-state index contributed by atoms with van der Waals surface area (Å²) in [5.41, 5.74) is 0.00807. The minimum Gasteiger partial charge on any atom is -0.612 e. The fourth-order valence-electron chi connectivity index (χ4n) is 1.97. The van der Waals surface area contributed by atoms with Crippen molar-refractivity contribution in [3.63, 3.8) is 0 Å². The summed E-state index contributed by atoms with van der Waals surface area (Å²) in [6.45, 7) is 0. The molecule has 9 heteroatoms. The molecule has 0 saturated heterocycles. The maximum Gasteiger partial charge on any atom is 0.512 e. The number of fused-ring (bicyclic) bond motifs is 2. The van der Waals surface area contributed by atoms with Gasteiger partial charge in [0.2, 0.25) is 10.0 Å². The van der Waals surface area contributed by atoms with Crippen LogP contribution in [0.3, 0.4) is 0 Å². The number of carboxylic acid groups (broad SMARTS) is 1. The zero-order valence-corrected chi connectivity index (χ0v) is 12.2. The van der Waals surface area contributed by atoms with Crippen molar-refractivity contribution in [3.8, 4) is 5.06 Å². The van der Waals surface area contributed by atoms with Crippen LogP contribution in [0.4, 0.5) is 4.79 Å².